The number of carbonyl (C=O) groups is 1. The zero-order valence-electron chi connectivity index (χ0n) is 12.3. The molecule has 2 heterocycles. The Morgan fingerprint density at radius 3 is 3.00 bits per heavy atom. The summed E-state index contributed by atoms with van der Waals surface area (Å²) in [6.07, 6.45) is 2.89. The Kier molecular flexibility index (Phi) is 3.91. The van der Waals surface area contributed by atoms with E-state index in [0.29, 0.717) is 5.78 Å². The van der Waals surface area contributed by atoms with Gasteiger partial charge in [-0.05, 0) is 50.0 Å². The first-order chi connectivity index (χ1) is 9.61. The van der Waals surface area contributed by atoms with Crippen LogP contribution in [0.5, 0.6) is 0 Å². The van der Waals surface area contributed by atoms with Crippen LogP contribution in [0.1, 0.15) is 40.7 Å². The summed E-state index contributed by atoms with van der Waals surface area (Å²) in [7, 11) is 0. The molecule has 2 aliphatic heterocycles. The van der Waals surface area contributed by atoms with Crippen LogP contribution >= 0.6 is 11.8 Å². The number of carbonyl (C=O) groups excluding carboxylic acids is 1. The smallest absolute Gasteiger partial charge is 0.166 e. The monoisotopic (exact) mass is 290 g/mol. The molecule has 2 atom stereocenters. The van der Waals surface area contributed by atoms with Crippen LogP contribution < -0.4 is 0 Å². The predicted molar refractivity (Wildman–Crippen MR) is 83.6 cm³/mol. The van der Waals surface area contributed by atoms with Crippen LogP contribution in [-0.4, -0.2) is 29.5 Å². The topological polar surface area (TPSA) is 26.3 Å². The third-order valence-electron chi connectivity index (χ3n) is 4.80. The van der Waals surface area contributed by atoms with Gasteiger partial charge in [-0.3, -0.25) is 4.79 Å². The lowest BCUT2D eigenvalue weighted by Crippen LogP contribution is -2.42. The standard InChI is InChI=1S/C17H22O2S/c1-12-4-3-5-15(13(12)2)16(18)14-6-8-19-17(10-14)7-9-20-11-17/h3-5,14H,6-11H2,1-2H3. The van der Waals surface area contributed by atoms with Crippen molar-refractivity contribution in [2.75, 3.05) is 18.1 Å². The molecule has 0 radical (unpaired) electrons. The molecule has 1 aromatic carbocycles. The number of hydrogen-bond donors (Lipinski definition) is 0. The zero-order valence-corrected chi connectivity index (χ0v) is 13.1. The summed E-state index contributed by atoms with van der Waals surface area (Å²) in [5.41, 5.74) is 3.24. The molecule has 108 valence electrons. The quantitative estimate of drug-likeness (QED) is 0.775. The average molecular weight is 290 g/mol. The van der Waals surface area contributed by atoms with E-state index in [9.17, 15) is 4.79 Å². The summed E-state index contributed by atoms with van der Waals surface area (Å²) < 4.78 is 6.02. The van der Waals surface area contributed by atoms with Crippen molar-refractivity contribution >= 4 is 17.5 Å². The highest BCUT2D eigenvalue weighted by Gasteiger charge is 2.42. The number of ketones is 1. The molecule has 2 saturated heterocycles. The van der Waals surface area contributed by atoms with E-state index in [1.54, 1.807) is 0 Å². The largest absolute Gasteiger partial charge is 0.374 e. The summed E-state index contributed by atoms with van der Waals surface area (Å²) in [6.45, 7) is 4.87. The van der Waals surface area contributed by atoms with Crippen molar-refractivity contribution in [1.82, 2.24) is 0 Å². The summed E-state index contributed by atoms with van der Waals surface area (Å²) in [5.74, 6) is 2.70. The molecule has 20 heavy (non-hydrogen) atoms. The van der Waals surface area contributed by atoms with E-state index < -0.39 is 0 Å². The predicted octanol–water partition coefficient (Wildman–Crippen LogP) is 3.79. The molecule has 0 saturated carbocycles. The second-order valence-corrected chi connectivity index (χ2v) is 7.24. The minimum Gasteiger partial charge on any atom is -0.374 e. The highest BCUT2D eigenvalue weighted by Crippen LogP contribution is 2.41. The second-order valence-electron chi connectivity index (χ2n) is 6.14. The zero-order chi connectivity index (χ0) is 14.2. The van der Waals surface area contributed by atoms with Crippen molar-refractivity contribution in [1.29, 1.82) is 0 Å². The molecule has 2 fully saturated rings. The van der Waals surface area contributed by atoms with Gasteiger partial charge in [-0.25, -0.2) is 0 Å². The highest BCUT2D eigenvalue weighted by atomic mass is 32.2. The van der Waals surface area contributed by atoms with E-state index in [2.05, 4.69) is 19.9 Å². The van der Waals surface area contributed by atoms with Crippen molar-refractivity contribution in [2.45, 2.75) is 38.7 Å². The fourth-order valence-corrected chi connectivity index (χ4v) is 4.73. The number of rotatable bonds is 2. The Balaban J connectivity index is 1.81. The van der Waals surface area contributed by atoms with Crippen LogP contribution in [0.25, 0.3) is 0 Å². The van der Waals surface area contributed by atoms with Crippen LogP contribution in [0.2, 0.25) is 0 Å². The van der Waals surface area contributed by atoms with E-state index in [1.807, 2.05) is 23.9 Å². The Morgan fingerprint density at radius 1 is 1.40 bits per heavy atom. The maximum atomic E-state index is 12.9. The Morgan fingerprint density at radius 2 is 2.25 bits per heavy atom. The molecule has 0 aliphatic carbocycles. The average Bonchev–Trinajstić information content (AvgIpc) is 2.89. The van der Waals surface area contributed by atoms with E-state index in [4.69, 9.17) is 4.74 Å². The Bertz CT molecular complexity index is 518. The molecule has 2 unspecified atom stereocenters. The van der Waals surface area contributed by atoms with Gasteiger partial charge in [0.05, 0.1) is 5.60 Å². The lowest BCUT2D eigenvalue weighted by atomic mass is 9.80. The maximum Gasteiger partial charge on any atom is 0.166 e. The molecule has 3 heteroatoms. The van der Waals surface area contributed by atoms with E-state index in [0.717, 1.165) is 42.7 Å². The number of hydrogen-bond acceptors (Lipinski definition) is 3. The second kappa shape index (κ2) is 5.53. The van der Waals surface area contributed by atoms with Crippen LogP contribution in [0.15, 0.2) is 18.2 Å². The van der Waals surface area contributed by atoms with Crippen molar-refractivity contribution in [3.63, 3.8) is 0 Å². The molecule has 2 aliphatic rings. The van der Waals surface area contributed by atoms with Gasteiger partial charge in [0, 0.05) is 23.8 Å². The summed E-state index contributed by atoms with van der Waals surface area (Å²) in [4.78, 5) is 12.9. The third kappa shape index (κ3) is 2.53. The number of ether oxygens (including phenoxy) is 1. The number of aryl methyl sites for hydroxylation is 1. The van der Waals surface area contributed by atoms with Crippen molar-refractivity contribution in [3.05, 3.63) is 34.9 Å². The van der Waals surface area contributed by atoms with Gasteiger partial charge in [0.1, 0.15) is 0 Å². The van der Waals surface area contributed by atoms with Gasteiger partial charge in [-0.15, -0.1) is 0 Å². The molecule has 3 rings (SSSR count). The van der Waals surface area contributed by atoms with E-state index in [-0.39, 0.29) is 11.5 Å². The Hall–Kier alpha value is -0.800. The summed E-state index contributed by atoms with van der Waals surface area (Å²) in [6, 6.07) is 6.05. The molecular formula is C17H22O2S. The van der Waals surface area contributed by atoms with Gasteiger partial charge in [-0.2, -0.15) is 11.8 Å². The molecular weight excluding hydrogens is 268 g/mol. The SMILES string of the molecule is Cc1cccc(C(=O)C2CCOC3(CCSC3)C2)c1C. The van der Waals surface area contributed by atoms with Crippen LogP contribution in [0, 0.1) is 19.8 Å². The maximum absolute atomic E-state index is 12.9. The van der Waals surface area contributed by atoms with Gasteiger partial charge >= 0.3 is 0 Å². The first-order valence-electron chi connectivity index (χ1n) is 7.43. The van der Waals surface area contributed by atoms with Gasteiger partial charge < -0.3 is 4.74 Å². The minimum atomic E-state index is -0.0129. The fourth-order valence-electron chi connectivity index (χ4n) is 3.35. The van der Waals surface area contributed by atoms with E-state index >= 15 is 0 Å². The lowest BCUT2D eigenvalue weighted by molar-refractivity contribution is -0.0734. The van der Waals surface area contributed by atoms with Crippen molar-refractivity contribution in [2.24, 2.45) is 5.92 Å². The molecule has 0 bridgehead atoms. The number of benzene rings is 1. The first-order valence-corrected chi connectivity index (χ1v) is 8.59. The summed E-state index contributed by atoms with van der Waals surface area (Å²) >= 11 is 1.96. The number of thioether (sulfide) groups is 1. The Labute approximate surface area is 125 Å². The van der Waals surface area contributed by atoms with Gasteiger partial charge in [0.25, 0.3) is 0 Å². The van der Waals surface area contributed by atoms with Crippen molar-refractivity contribution in [3.8, 4) is 0 Å². The fraction of sp³-hybridized carbons (Fsp3) is 0.588. The highest BCUT2D eigenvalue weighted by molar-refractivity contribution is 7.99. The normalized spacial score (nSPS) is 29.8. The molecule has 0 aromatic heterocycles. The van der Waals surface area contributed by atoms with Crippen LogP contribution in [0.3, 0.4) is 0 Å². The lowest BCUT2D eigenvalue weighted by Gasteiger charge is -2.37. The first kappa shape index (κ1) is 14.2. The van der Waals surface area contributed by atoms with Crippen molar-refractivity contribution < 1.29 is 9.53 Å². The number of Topliss-reactive ketones (excluding diaryl/α,β-unsaturated/α-hetero) is 1. The molecule has 2 nitrogen and oxygen atoms in total. The van der Waals surface area contributed by atoms with Gasteiger partial charge in [0.15, 0.2) is 5.78 Å². The summed E-state index contributed by atoms with van der Waals surface area (Å²) in [5, 5.41) is 0. The molecule has 1 aromatic rings. The van der Waals surface area contributed by atoms with Crippen LogP contribution in [-0.2, 0) is 4.74 Å². The molecule has 0 amide bonds. The van der Waals surface area contributed by atoms with Gasteiger partial charge in [0.2, 0.25) is 0 Å². The third-order valence-corrected chi connectivity index (χ3v) is 6.02. The van der Waals surface area contributed by atoms with Gasteiger partial charge in [-0.1, -0.05) is 18.2 Å². The van der Waals surface area contributed by atoms with Crippen LogP contribution in [0.4, 0.5) is 0 Å². The minimum absolute atomic E-state index is 0.0129. The van der Waals surface area contributed by atoms with E-state index in [1.165, 1.54) is 11.3 Å². The molecule has 0 N–H and O–H groups in total. The molecule has 1 spiro atoms.